The number of hydrogen-bond acceptors (Lipinski definition) is 2. The lowest BCUT2D eigenvalue weighted by Gasteiger charge is -2.24. The molecule has 18 heavy (non-hydrogen) atoms. The molecule has 102 valence electrons. The van der Waals surface area contributed by atoms with Crippen molar-refractivity contribution in [3.63, 3.8) is 0 Å². The van der Waals surface area contributed by atoms with E-state index in [0.717, 1.165) is 31.2 Å². The highest BCUT2D eigenvalue weighted by Crippen LogP contribution is 2.34. The Morgan fingerprint density at radius 2 is 2.00 bits per heavy atom. The van der Waals surface area contributed by atoms with E-state index in [2.05, 4.69) is 10.6 Å². The first-order valence-electron chi connectivity index (χ1n) is 7.86. The summed E-state index contributed by atoms with van der Waals surface area (Å²) >= 11 is 0. The zero-order valence-corrected chi connectivity index (χ0v) is 11.3. The molecule has 1 saturated heterocycles. The second-order valence-electron chi connectivity index (χ2n) is 6.48. The van der Waals surface area contributed by atoms with Crippen LogP contribution in [0.15, 0.2) is 0 Å². The van der Waals surface area contributed by atoms with Gasteiger partial charge in [0.1, 0.15) is 0 Å². The summed E-state index contributed by atoms with van der Waals surface area (Å²) in [4.78, 5) is 12.1. The predicted octanol–water partition coefficient (Wildman–Crippen LogP) is 2.21. The molecular weight excluding hydrogens is 224 g/mol. The van der Waals surface area contributed by atoms with Gasteiger partial charge in [0.25, 0.3) is 0 Å². The van der Waals surface area contributed by atoms with Crippen LogP contribution in [0.3, 0.4) is 0 Å². The Bertz CT molecular complexity index is 287. The molecule has 2 aliphatic carbocycles. The molecule has 3 nitrogen and oxygen atoms in total. The lowest BCUT2D eigenvalue weighted by Crippen LogP contribution is -2.43. The molecule has 1 aliphatic heterocycles. The normalized spacial score (nSPS) is 35.2. The fourth-order valence-corrected chi connectivity index (χ4v) is 3.65. The minimum absolute atomic E-state index is 0.0963. The minimum atomic E-state index is 0.0963. The van der Waals surface area contributed by atoms with Gasteiger partial charge in [0, 0.05) is 12.6 Å². The van der Waals surface area contributed by atoms with Gasteiger partial charge in [-0.2, -0.15) is 0 Å². The van der Waals surface area contributed by atoms with Crippen molar-refractivity contribution in [3.8, 4) is 0 Å². The van der Waals surface area contributed by atoms with E-state index in [4.69, 9.17) is 0 Å². The summed E-state index contributed by atoms with van der Waals surface area (Å²) in [6.07, 6.45) is 11.7. The fraction of sp³-hybridized carbons (Fsp3) is 0.933. The van der Waals surface area contributed by atoms with E-state index in [1.165, 1.54) is 44.9 Å². The maximum absolute atomic E-state index is 12.1. The van der Waals surface area contributed by atoms with Gasteiger partial charge in [-0.05, 0) is 43.9 Å². The van der Waals surface area contributed by atoms with Crippen molar-refractivity contribution >= 4 is 5.91 Å². The molecular formula is C15H26N2O. The van der Waals surface area contributed by atoms with E-state index in [1.54, 1.807) is 0 Å². The lowest BCUT2D eigenvalue weighted by molar-refractivity contribution is -0.122. The van der Waals surface area contributed by atoms with Gasteiger partial charge in [-0.1, -0.05) is 25.7 Å². The van der Waals surface area contributed by atoms with Crippen molar-refractivity contribution in [2.75, 3.05) is 6.54 Å². The molecule has 2 N–H and O–H groups in total. The highest BCUT2D eigenvalue weighted by atomic mass is 16.2. The molecule has 3 rings (SSSR count). The van der Waals surface area contributed by atoms with Crippen LogP contribution < -0.4 is 10.6 Å². The summed E-state index contributed by atoms with van der Waals surface area (Å²) in [5.41, 5.74) is 0. The van der Waals surface area contributed by atoms with Crippen molar-refractivity contribution < 1.29 is 4.79 Å². The van der Waals surface area contributed by atoms with E-state index in [9.17, 15) is 4.79 Å². The first kappa shape index (κ1) is 12.5. The highest BCUT2D eigenvalue weighted by molar-refractivity contribution is 5.82. The van der Waals surface area contributed by atoms with Crippen LogP contribution in [0, 0.1) is 11.8 Å². The van der Waals surface area contributed by atoms with Crippen LogP contribution in [-0.4, -0.2) is 24.5 Å². The standard InChI is InChI=1S/C15H26N2O/c18-15(16-9-3-4-11-7-8-11)14-10-12-5-1-2-6-13(12)17-14/h11-14,17H,1-10H2,(H,16,18). The highest BCUT2D eigenvalue weighted by Gasteiger charge is 2.37. The Balaban J connectivity index is 1.36. The summed E-state index contributed by atoms with van der Waals surface area (Å²) < 4.78 is 0. The van der Waals surface area contributed by atoms with Crippen LogP contribution in [0.1, 0.15) is 57.8 Å². The van der Waals surface area contributed by atoms with Gasteiger partial charge in [-0.25, -0.2) is 0 Å². The first-order valence-corrected chi connectivity index (χ1v) is 7.86. The van der Waals surface area contributed by atoms with Crippen molar-refractivity contribution in [1.29, 1.82) is 0 Å². The quantitative estimate of drug-likeness (QED) is 0.735. The molecule has 3 atom stereocenters. The van der Waals surface area contributed by atoms with Crippen molar-refractivity contribution in [2.45, 2.75) is 69.9 Å². The molecule has 3 fully saturated rings. The number of rotatable bonds is 5. The Kier molecular flexibility index (Phi) is 3.88. The second kappa shape index (κ2) is 5.60. The molecule has 0 aromatic carbocycles. The van der Waals surface area contributed by atoms with Crippen LogP contribution in [0.5, 0.6) is 0 Å². The summed E-state index contributed by atoms with van der Waals surface area (Å²) in [5.74, 6) is 2.00. The zero-order valence-electron chi connectivity index (χ0n) is 11.3. The number of amides is 1. The molecule has 0 radical (unpaired) electrons. The van der Waals surface area contributed by atoms with Crippen LogP contribution in [0.25, 0.3) is 0 Å². The molecule has 0 spiro atoms. The van der Waals surface area contributed by atoms with E-state index in [0.29, 0.717) is 6.04 Å². The van der Waals surface area contributed by atoms with E-state index in [-0.39, 0.29) is 11.9 Å². The summed E-state index contributed by atoms with van der Waals surface area (Å²) in [7, 11) is 0. The Hall–Kier alpha value is -0.570. The minimum Gasteiger partial charge on any atom is -0.355 e. The van der Waals surface area contributed by atoms with Gasteiger partial charge in [0.2, 0.25) is 5.91 Å². The predicted molar refractivity (Wildman–Crippen MR) is 72.3 cm³/mol. The summed E-state index contributed by atoms with van der Waals surface area (Å²) in [6, 6.07) is 0.722. The van der Waals surface area contributed by atoms with E-state index < -0.39 is 0 Å². The van der Waals surface area contributed by atoms with E-state index >= 15 is 0 Å². The van der Waals surface area contributed by atoms with Crippen molar-refractivity contribution in [3.05, 3.63) is 0 Å². The monoisotopic (exact) mass is 250 g/mol. The fourth-order valence-electron chi connectivity index (χ4n) is 3.65. The largest absolute Gasteiger partial charge is 0.355 e. The van der Waals surface area contributed by atoms with Crippen LogP contribution in [-0.2, 0) is 4.79 Å². The maximum atomic E-state index is 12.1. The third-order valence-corrected chi connectivity index (χ3v) is 4.96. The molecule has 1 heterocycles. The Morgan fingerprint density at radius 1 is 1.17 bits per heavy atom. The topological polar surface area (TPSA) is 41.1 Å². The molecule has 0 aromatic heterocycles. The average Bonchev–Trinajstić information content (AvgIpc) is 3.10. The van der Waals surface area contributed by atoms with Gasteiger partial charge in [0.05, 0.1) is 6.04 Å². The van der Waals surface area contributed by atoms with Crippen molar-refractivity contribution in [2.24, 2.45) is 11.8 Å². The molecule has 3 aliphatic rings. The van der Waals surface area contributed by atoms with Gasteiger partial charge in [-0.3, -0.25) is 4.79 Å². The molecule has 2 saturated carbocycles. The number of carbonyl (C=O) groups is 1. The van der Waals surface area contributed by atoms with Gasteiger partial charge in [0.15, 0.2) is 0 Å². The first-order chi connectivity index (χ1) is 8.83. The van der Waals surface area contributed by atoms with Crippen molar-refractivity contribution in [1.82, 2.24) is 10.6 Å². The number of nitrogens with one attached hydrogen (secondary N) is 2. The van der Waals surface area contributed by atoms with Gasteiger partial charge < -0.3 is 10.6 Å². The summed E-state index contributed by atoms with van der Waals surface area (Å²) in [6.45, 7) is 0.878. The van der Waals surface area contributed by atoms with Gasteiger partial charge in [-0.15, -0.1) is 0 Å². The van der Waals surface area contributed by atoms with E-state index in [1.807, 2.05) is 0 Å². The van der Waals surface area contributed by atoms with Gasteiger partial charge >= 0.3 is 0 Å². The van der Waals surface area contributed by atoms with Crippen LogP contribution >= 0.6 is 0 Å². The number of fused-ring (bicyclic) bond motifs is 1. The smallest absolute Gasteiger partial charge is 0.237 e. The third-order valence-electron chi connectivity index (χ3n) is 4.96. The SMILES string of the molecule is O=C(NCCCC1CC1)C1CC2CCCCC2N1. The second-order valence-corrected chi connectivity index (χ2v) is 6.48. The third kappa shape index (κ3) is 3.05. The number of carbonyl (C=O) groups excluding carboxylic acids is 1. The summed E-state index contributed by atoms with van der Waals surface area (Å²) in [5, 5.41) is 6.66. The number of hydrogen-bond donors (Lipinski definition) is 2. The molecule has 3 unspecified atom stereocenters. The Morgan fingerprint density at radius 3 is 2.78 bits per heavy atom. The Labute approximate surface area is 110 Å². The lowest BCUT2D eigenvalue weighted by atomic mass is 9.85. The average molecular weight is 250 g/mol. The molecule has 0 aromatic rings. The van der Waals surface area contributed by atoms with Crippen LogP contribution in [0.2, 0.25) is 0 Å². The molecule has 1 amide bonds. The van der Waals surface area contributed by atoms with Crippen LogP contribution in [0.4, 0.5) is 0 Å². The maximum Gasteiger partial charge on any atom is 0.237 e. The molecule has 3 heteroatoms. The molecule has 0 bridgehead atoms. The zero-order chi connectivity index (χ0) is 12.4.